The van der Waals surface area contributed by atoms with E-state index in [-0.39, 0.29) is 0 Å². The summed E-state index contributed by atoms with van der Waals surface area (Å²) in [4.78, 5) is 10.0. The van der Waals surface area contributed by atoms with E-state index < -0.39 is 0 Å². The molecule has 1 fully saturated rings. The van der Waals surface area contributed by atoms with Gasteiger partial charge in [0.2, 0.25) is 0 Å². The van der Waals surface area contributed by atoms with Crippen LogP contribution in [0.2, 0.25) is 0 Å². The standard InChI is InChI=1S/C11H18N2OS/c1-2-11-13-9(8-15-11)7-12-14-10-5-3-4-6-10/h8,10,12H,2-7H2,1H3. The first kappa shape index (κ1) is 11.0. The summed E-state index contributed by atoms with van der Waals surface area (Å²) in [6.45, 7) is 2.86. The summed E-state index contributed by atoms with van der Waals surface area (Å²) in [6, 6.07) is 0. The Hall–Kier alpha value is -0.450. The topological polar surface area (TPSA) is 34.2 Å². The van der Waals surface area contributed by atoms with E-state index >= 15 is 0 Å². The summed E-state index contributed by atoms with van der Waals surface area (Å²) in [7, 11) is 0. The predicted octanol–water partition coefficient (Wildman–Crippen LogP) is 2.67. The van der Waals surface area contributed by atoms with Crippen LogP contribution in [0, 0.1) is 0 Å². The Morgan fingerprint density at radius 2 is 2.33 bits per heavy atom. The summed E-state index contributed by atoms with van der Waals surface area (Å²) >= 11 is 1.73. The Morgan fingerprint density at radius 1 is 1.53 bits per heavy atom. The Kier molecular flexibility index (Phi) is 4.11. The molecule has 0 aromatic carbocycles. The van der Waals surface area contributed by atoms with Crippen LogP contribution in [0.5, 0.6) is 0 Å². The van der Waals surface area contributed by atoms with Gasteiger partial charge in [-0.3, -0.25) is 4.84 Å². The van der Waals surface area contributed by atoms with E-state index in [0.29, 0.717) is 6.10 Å². The molecule has 1 saturated carbocycles. The van der Waals surface area contributed by atoms with Crippen molar-refractivity contribution in [2.45, 2.75) is 51.7 Å². The lowest BCUT2D eigenvalue weighted by Crippen LogP contribution is -2.21. The van der Waals surface area contributed by atoms with Crippen LogP contribution in [-0.2, 0) is 17.8 Å². The van der Waals surface area contributed by atoms with Crippen LogP contribution in [0.1, 0.15) is 43.3 Å². The van der Waals surface area contributed by atoms with Crippen LogP contribution in [-0.4, -0.2) is 11.1 Å². The molecule has 1 N–H and O–H groups in total. The third kappa shape index (κ3) is 3.26. The molecule has 3 nitrogen and oxygen atoms in total. The highest BCUT2D eigenvalue weighted by atomic mass is 32.1. The van der Waals surface area contributed by atoms with Gasteiger partial charge in [-0.05, 0) is 19.3 Å². The number of aryl methyl sites for hydroxylation is 1. The second-order valence-corrected chi connectivity index (χ2v) is 4.87. The molecule has 1 aliphatic carbocycles. The number of hydrogen-bond donors (Lipinski definition) is 1. The van der Waals surface area contributed by atoms with Gasteiger partial charge in [0, 0.05) is 5.38 Å². The normalized spacial score (nSPS) is 17.4. The molecule has 0 atom stereocenters. The maximum atomic E-state index is 5.56. The molecule has 4 heteroatoms. The maximum absolute atomic E-state index is 5.56. The van der Waals surface area contributed by atoms with Gasteiger partial charge in [-0.15, -0.1) is 11.3 Å². The fraction of sp³-hybridized carbons (Fsp3) is 0.727. The van der Waals surface area contributed by atoms with Gasteiger partial charge in [0.25, 0.3) is 0 Å². The predicted molar refractivity (Wildman–Crippen MR) is 61.7 cm³/mol. The number of aromatic nitrogens is 1. The molecule has 2 rings (SSSR count). The average Bonchev–Trinajstić information content (AvgIpc) is 2.88. The monoisotopic (exact) mass is 226 g/mol. The Bertz CT molecular complexity index is 295. The summed E-state index contributed by atoms with van der Waals surface area (Å²) in [5.41, 5.74) is 4.12. The number of hydrogen-bond acceptors (Lipinski definition) is 4. The fourth-order valence-electron chi connectivity index (χ4n) is 1.83. The average molecular weight is 226 g/mol. The third-order valence-electron chi connectivity index (χ3n) is 2.71. The molecule has 0 saturated heterocycles. The molecule has 1 aromatic rings. The zero-order valence-corrected chi connectivity index (χ0v) is 9.98. The van der Waals surface area contributed by atoms with Crippen LogP contribution in [0.15, 0.2) is 5.38 Å². The second-order valence-electron chi connectivity index (χ2n) is 3.93. The third-order valence-corrected chi connectivity index (χ3v) is 3.75. The van der Waals surface area contributed by atoms with E-state index in [4.69, 9.17) is 4.84 Å². The number of rotatable bonds is 5. The molecular weight excluding hydrogens is 208 g/mol. The molecule has 0 radical (unpaired) electrons. The van der Waals surface area contributed by atoms with Crippen molar-refractivity contribution in [1.82, 2.24) is 10.5 Å². The lowest BCUT2D eigenvalue weighted by atomic mass is 10.3. The number of nitrogens with zero attached hydrogens (tertiary/aromatic N) is 1. The van der Waals surface area contributed by atoms with Gasteiger partial charge in [0.15, 0.2) is 0 Å². The van der Waals surface area contributed by atoms with Gasteiger partial charge < -0.3 is 0 Å². The highest BCUT2D eigenvalue weighted by molar-refractivity contribution is 7.09. The minimum absolute atomic E-state index is 0.425. The molecule has 0 bridgehead atoms. The molecule has 1 aromatic heterocycles. The highest BCUT2D eigenvalue weighted by Gasteiger charge is 2.15. The fourth-order valence-corrected chi connectivity index (χ4v) is 2.58. The zero-order chi connectivity index (χ0) is 10.5. The molecule has 15 heavy (non-hydrogen) atoms. The quantitative estimate of drug-likeness (QED) is 0.784. The van der Waals surface area contributed by atoms with Gasteiger partial charge in [0.1, 0.15) is 0 Å². The lowest BCUT2D eigenvalue weighted by Gasteiger charge is -2.10. The van der Waals surface area contributed by atoms with Crippen molar-refractivity contribution >= 4 is 11.3 Å². The van der Waals surface area contributed by atoms with Gasteiger partial charge in [-0.1, -0.05) is 19.8 Å². The van der Waals surface area contributed by atoms with Gasteiger partial charge in [0.05, 0.1) is 23.4 Å². The number of thiazole rings is 1. The van der Waals surface area contributed by atoms with Crippen LogP contribution < -0.4 is 5.48 Å². The van der Waals surface area contributed by atoms with Crippen molar-refractivity contribution < 1.29 is 4.84 Å². The van der Waals surface area contributed by atoms with E-state index in [9.17, 15) is 0 Å². The van der Waals surface area contributed by atoms with Gasteiger partial charge >= 0.3 is 0 Å². The zero-order valence-electron chi connectivity index (χ0n) is 9.16. The molecule has 1 aliphatic rings. The van der Waals surface area contributed by atoms with Crippen LogP contribution in [0.3, 0.4) is 0 Å². The van der Waals surface area contributed by atoms with Crippen molar-refractivity contribution in [3.8, 4) is 0 Å². The minimum atomic E-state index is 0.425. The molecule has 1 heterocycles. The van der Waals surface area contributed by atoms with Crippen molar-refractivity contribution in [1.29, 1.82) is 0 Å². The largest absolute Gasteiger partial charge is 0.298 e. The molecule has 84 valence electrons. The lowest BCUT2D eigenvalue weighted by molar-refractivity contribution is -0.0248. The highest BCUT2D eigenvalue weighted by Crippen LogP contribution is 2.20. The Morgan fingerprint density at radius 3 is 3.00 bits per heavy atom. The first-order valence-electron chi connectivity index (χ1n) is 5.70. The smallest absolute Gasteiger partial charge is 0.0926 e. The molecule has 0 unspecified atom stereocenters. The maximum Gasteiger partial charge on any atom is 0.0926 e. The van der Waals surface area contributed by atoms with Crippen molar-refractivity contribution in [2.75, 3.05) is 0 Å². The summed E-state index contributed by atoms with van der Waals surface area (Å²) in [5, 5.41) is 3.30. The first-order valence-corrected chi connectivity index (χ1v) is 6.58. The van der Waals surface area contributed by atoms with Gasteiger partial charge in [-0.25, -0.2) is 4.98 Å². The Balaban J connectivity index is 1.68. The first-order chi connectivity index (χ1) is 7.38. The number of hydroxylamine groups is 1. The van der Waals surface area contributed by atoms with E-state index in [1.54, 1.807) is 11.3 Å². The van der Waals surface area contributed by atoms with Crippen LogP contribution >= 0.6 is 11.3 Å². The van der Waals surface area contributed by atoms with Crippen LogP contribution in [0.4, 0.5) is 0 Å². The second kappa shape index (κ2) is 5.58. The minimum Gasteiger partial charge on any atom is -0.298 e. The van der Waals surface area contributed by atoms with E-state index in [1.165, 1.54) is 30.7 Å². The molecule has 0 spiro atoms. The SMILES string of the molecule is CCc1nc(CNOC2CCCC2)cs1. The van der Waals surface area contributed by atoms with Gasteiger partial charge in [-0.2, -0.15) is 5.48 Å². The van der Waals surface area contributed by atoms with Crippen molar-refractivity contribution in [2.24, 2.45) is 0 Å². The Labute approximate surface area is 94.8 Å². The number of nitrogens with one attached hydrogen (secondary N) is 1. The van der Waals surface area contributed by atoms with Crippen molar-refractivity contribution in [3.63, 3.8) is 0 Å². The molecule has 0 aliphatic heterocycles. The van der Waals surface area contributed by atoms with Crippen molar-refractivity contribution in [3.05, 3.63) is 16.1 Å². The van der Waals surface area contributed by atoms with E-state index in [2.05, 4.69) is 22.8 Å². The summed E-state index contributed by atoms with van der Waals surface area (Å²) < 4.78 is 0. The van der Waals surface area contributed by atoms with Crippen LogP contribution in [0.25, 0.3) is 0 Å². The van der Waals surface area contributed by atoms with E-state index in [1.807, 2.05) is 0 Å². The summed E-state index contributed by atoms with van der Waals surface area (Å²) in [6.07, 6.45) is 6.46. The van der Waals surface area contributed by atoms with E-state index in [0.717, 1.165) is 18.7 Å². The summed E-state index contributed by atoms with van der Waals surface area (Å²) in [5.74, 6) is 0. The molecule has 0 amide bonds. The molecular formula is C11H18N2OS.